The second-order valence-corrected chi connectivity index (χ2v) is 31.1. The average Bonchev–Trinajstić information content (AvgIpc) is 1.57. The van der Waals surface area contributed by atoms with Crippen molar-refractivity contribution >= 4 is 39.5 Å². The minimum Gasteiger partial charge on any atom is -0.462 e. The number of aliphatic hydroxyl groups is 1. The highest BCUT2D eigenvalue weighted by atomic mass is 31.2. The summed E-state index contributed by atoms with van der Waals surface area (Å²) >= 11 is 0. The van der Waals surface area contributed by atoms with Gasteiger partial charge in [-0.2, -0.15) is 0 Å². The number of carbonyl (C=O) groups is 4. The average molecular weight is 1410 g/mol. The van der Waals surface area contributed by atoms with Crippen LogP contribution in [-0.2, 0) is 65.4 Å². The van der Waals surface area contributed by atoms with Crippen LogP contribution in [0.15, 0.2) is 0 Å². The van der Waals surface area contributed by atoms with Crippen LogP contribution < -0.4 is 0 Å². The second kappa shape index (κ2) is 68.8. The predicted octanol–water partition coefficient (Wildman–Crippen LogP) is 22.7. The molecular formula is C77H150O17P2. The molecule has 7 atom stereocenters. The number of aliphatic hydroxyl groups excluding tert-OH is 1. The molecule has 0 aliphatic rings. The van der Waals surface area contributed by atoms with Gasteiger partial charge in [0.25, 0.3) is 0 Å². The number of phosphoric acid groups is 2. The zero-order valence-corrected chi connectivity index (χ0v) is 64.5. The molecule has 0 bridgehead atoms. The first kappa shape index (κ1) is 94.1. The van der Waals surface area contributed by atoms with Crippen LogP contribution in [0, 0.1) is 11.8 Å². The molecule has 0 rings (SSSR count). The maximum atomic E-state index is 13.1. The SMILES string of the molecule is CCCCCCCCCCCCCC(=O)OC[C@H](COP(=O)(O)OC[C@H](O)COP(=O)(O)OC[C@@H](COC(=O)CCCCCCCCCCC(C)CC)OC(=O)CCCCCCCCCCCCCCCCCCCCC(C)CC)OC(=O)CCCCCCCCCCCCC. The highest BCUT2D eigenvalue weighted by Crippen LogP contribution is 2.45. The Kier molecular flexibility index (Phi) is 67.4. The number of hydrogen-bond donors (Lipinski definition) is 3. The number of ether oxygens (including phenoxy) is 4. The van der Waals surface area contributed by atoms with Gasteiger partial charge in [-0.1, -0.05) is 350 Å². The summed E-state index contributed by atoms with van der Waals surface area (Å²) in [4.78, 5) is 72.8. The summed E-state index contributed by atoms with van der Waals surface area (Å²) < 4.78 is 68.5. The van der Waals surface area contributed by atoms with Gasteiger partial charge >= 0.3 is 39.5 Å². The molecule has 0 amide bonds. The molecule has 0 fully saturated rings. The van der Waals surface area contributed by atoms with Crippen LogP contribution in [0.4, 0.5) is 0 Å². The van der Waals surface area contributed by atoms with Gasteiger partial charge in [-0.3, -0.25) is 37.3 Å². The summed E-state index contributed by atoms with van der Waals surface area (Å²) in [6.45, 7) is 9.66. The Morgan fingerprint density at radius 3 is 0.740 bits per heavy atom. The fraction of sp³-hybridized carbons (Fsp3) is 0.948. The van der Waals surface area contributed by atoms with Crippen molar-refractivity contribution < 1.29 is 80.2 Å². The van der Waals surface area contributed by atoms with E-state index in [2.05, 4.69) is 41.5 Å². The normalized spacial score (nSPS) is 14.6. The van der Waals surface area contributed by atoms with Gasteiger partial charge in [-0.05, 0) is 37.5 Å². The standard InChI is InChI=1S/C77H150O17P2/c1-7-11-13-15-17-19-29-34-41-47-53-59-74(79)87-65-72(93-76(81)61-55-49-43-35-30-20-18-16-14-12-8-2)67-91-95(83,84)89-63-71(78)64-90-96(85,86)92-68-73(66-88-75(80)60-54-48-42-38-37-40-46-52-58-70(6)10-4)94-77(82)62-56-50-44-36-32-28-26-24-22-21-23-25-27-31-33-39-45-51-57-69(5)9-3/h69-73,78H,7-68H2,1-6H3,(H,83,84)(H,85,86)/t69?,70?,71-,72+,73+/m0/s1. The van der Waals surface area contributed by atoms with Gasteiger partial charge in [-0.25, -0.2) is 9.13 Å². The van der Waals surface area contributed by atoms with Crippen LogP contribution in [-0.4, -0.2) is 96.7 Å². The van der Waals surface area contributed by atoms with Crippen molar-refractivity contribution in [3.8, 4) is 0 Å². The van der Waals surface area contributed by atoms with Crippen molar-refractivity contribution in [3.05, 3.63) is 0 Å². The molecule has 0 aromatic heterocycles. The van der Waals surface area contributed by atoms with Crippen molar-refractivity contribution in [3.63, 3.8) is 0 Å². The van der Waals surface area contributed by atoms with E-state index in [1.54, 1.807) is 0 Å². The van der Waals surface area contributed by atoms with Gasteiger partial charge in [0.1, 0.15) is 19.3 Å². The number of hydrogen-bond acceptors (Lipinski definition) is 15. The molecule has 0 aliphatic carbocycles. The minimum atomic E-state index is -4.96. The first-order valence-electron chi connectivity index (χ1n) is 40.1. The molecule has 0 aromatic carbocycles. The number of rotatable bonds is 76. The molecule has 17 nitrogen and oxygen atoms in total. The zero-order chi connectivity index (χ0) is 70.7. The topological polar surface area (TPSA) is 237 Å². The second-order valence-electron chi connectivity index (χ2n) is 28.2. The molecule has 0 saturated heterocycles. The Morgan fingerprint density at radius 1 is 0.292 bits per heavy atom. The molecule has 0 radical (unpaired) electrons. The van der Waals surface area contributed by atoms with Crippen molar-refractivity contribution in [2.45, 2.75) is 419 Å². The molecule has 570 valence electrons. The number of phosphoric ester groups is 2. The number of esters is 4. The van der Waals surface area contributed by atoms with Gasteiger partial charge < -0.3 is 33.8 Å². The van der Waals surface area contributed by atoms with Crippen LogP contribution in [0.2, 0.25) is 0 Å². The Bertz CT molecular complexity index is 1860. The van der Waals surface area contributed by atoms with Gasteiger partial charge in [-0.15, -0.1) is 0 Å². The molecule has 3 N–H and O–H groups in total. The lowest BCUT2D eigenvalue weighted by Crippen LogP contribution is -2.30. The maximum absolute atomic E-state index is 13.1. The zero-order valence-electron chi connectivity index (χ0n) is 62.7. The highest BCUT2D eigenvalue weighted by molar-refractivity contribution is 7.47. The van der Waals surface area contributed by atoms with Crippen LogP contribution >= 0.6 is 15.6 Å². The van der Waals surface area contributed by atoms with Crippen LogP contribution in [0.3, 0.4) is 0 Å². The first-order chi connectivity index (χ1) is 46.4. The van der Waals surface area contributed by atoms with Crippen molar-refractivity contribution in [2.24, 2.45) is 11.8 Å². The Labute approximate surface area is 588 Å². The molecule has 0 spiro atoms. The summed E-state index contributed by atoms with van der Waals surface area (Å²) in [5.74, 6) is -0.466. The Morgan fingerprint density at radius 2 is 0.500 bits per heavy atom. The van der Waals surface area contributed by atoms with E-state index in [4.69, 9.17) is 37.0 Å². The molecule has 0 aliphatic heterocycles. The maximum Gasteiger partial charge on any atom is 0.472 e. The van der Waals surface area contributed by atoms with E-state index < -0.39 is 97.5 Å². The van der Waals surface area contributed by atoms with E-state index >= 15 is 0 Å². The fourth-order valence-corrected chi connectivity index (χ4v) is 13.3. The molecule has 0 heterocycles. The molecule has 4 unspecified atom stereocenters. The smallest absolute Gasteiger partial charge is 0.462 e. The minimum absolute atomic E-state index is 0.107. The van der Waals surface area contributed by atoms with Crippen molar-refractivity contribution in [2.75, 3.05) is 39.6 Å². The summed E-state index contributed by atoms with van der Waals surface area (Å²) in [5, 5.41) is 10.6. The third-order valence-electron chi connectivity index (χ3n) is 18.7. The fourth-order valence-electron chi connectivity index (χ4n) is 11.8. The summed E-state index contributed by atoms with van der Waals surface area (Å²) in [7, 11) is -9.91. The quantitative estimate of drug-likeness (QED) is 0.0222. The first-order valence-corrected chi connectivity index (χ1v) is 43.1. The van der Waals surface area contributed by atoms with E-state index in [0.29, 0.717) is 25.7 Å². The summed E-state index contributed by atoms with van der Waals surface area (Å²) in [6.07, 6.45) is 56.8. The van der Waals surface area contributed by atoms with Crippen LogP contribution in [0.5, 0.6) is 0 Å². The van der Waals surface area contributed by atoms with E-state index in [-0.39, 0.29) is 25.7 Å². The molecule has 96 heavy (non-hydrogen) atoms. The molecule has 0 aromatic rings. The molecular weight excluding hydrogens is 1260 g/mol. The highest BCUT2D eigenvalue weighted by Gasteiger charge is 2.30. The Balaban J connectivity index is 5.18. The Hall–Kier alpha value is -1.94. The third-order valence-corrected chi connectivity index (χ3v) is 20.6. The van der Waals surface area contributed by atoms with E-state index in [1.165, 1.54) is 218 Å². The monoisotopic (exact) mass is 1410 g/mol. The van der Waals surface area contributed by atoms with E-state index in [0.717, 1.165) is 102 Å². The van der Waals surface area contributed by atoms with Crippen molar-refractivity contribution in [1.82, 2.24) is 0 Å². The number of unbranched alkanes of at least 4 members (excludes halogenated alkanes) is 44. The van der Waals surface area contributed by atoms with Gasteiger partial charge in [0.05, 0.1) is 26.4 Å². The van der Waals surface area contributed by atoms with E-state index in [1.807, 2.05) is 0 Å². The van der Waals surface area contributed by atoms with Crippen molar-refractivity contribution in [1.29, 1.82) is 0 Å². The van der Waals surface area contributed by atoms with Gasteiger partial charge in [0, 0.05) is 25.7 Å². The lowest BCUT2D eigenvalue weighted by atomic mass is 9.99. The summed E-state index contributed by atoms with van der Waals surface area (Å²) in [5.41, 5.74) is 0. The van der Waals surface area contributed by atoms with Crippen LogP contribution in [0.25, 0.3) is 0 Å². The third kappa shape index (κ3) is 67.9. The predicted molar refractivity (Wildman–Crippen MR) is 391 cm³/mol. The molecule has 19 heteroatoms. The summed E-state index contributed by atoms with van der Waals surface area (Å²) in [6, 6.07) is 0. The van der Waals surface area contributed by atoms with E-state index in [9.17, 15) is 43.2 Å². The van der Waals surface area contributed by atoms with Gasteiger partial charge in [0.15, 0.2) is 12.2 Å². The lowest BCUT2D eigenvalue weighted by molar-refractivity contribution is -0.161. The largest absolute Gasteiger partial charge is 0.472 e. The lowest BCUT2D eigenvalue weighted by Gasteiger charge is -2.21. The molecule has 0 saturated carbocycles. The van der Waals surface area contributed by atoms with Crippen LogP contribution in [0.1, 0.15) is 401 Å². The number of carbonyl (C=O) groups excluding carboxylic acids is 4. The van der Waals surface area contributed by atoms with Gasteiger partial charge in [0.2, 0.25) is 0 Å².